The second-order valence-electron chi connectivity index (χ2n) is 8.46. The summed E-state index contributed by atoms with van der Waals surface area (Å²) in [4.78, 5) is 26.8. The van der Waals surface area contributed by atoms with Gasteiger partial charge in [0.25, 0.3) is 0 Å². The molecule has 0 bridgehead atoms. The van der Waals surface area contributed by atoms with Crippen molar-refractivity contribution >= 4 is 21.7 Å². The summed E-state index contributed by atoms with van der Waals surface area (Å²) in [7, 11) is -1.82. The Balaban J connectivity index is 1.42. The molecular weight excluding hydrogens is 412 g/mol. The van der Waals surface area contributed by atoms with E-state index in [1.165, 1.54) is 34.5 Å². The second kappa shape index (κ2) is 8.55. The highest BCUT2D eigenvalue weighted by molar-refractivity contribution is 7.89. The molecule has 0 saturated carbocycles. The monoisotopic (exact) mass is 440 g/mol. The zero-order valence-electron chi connectivity index (χ0n) is 18.0. The maximum Gasteiger partial charge on any atom is 0.243 e. The fourth-order valence-corrected chi connectivity index (χ4v) is 6.26. The van der Waals surface area contributed by atoms with Crippen molar-refractivity contribution in [2.75, 3.05) is 20.1 Å². The number of hydrogen-bond donors (Lipinski definition) is 0. The number of carbonyl (C=O) groups excluding carboxylic acids is 2. The van der Waals surface area contributed by atoms with Gasteiger partial charge in [-0.3, -0.25) is 9.59 Å². The molecule has 2 aromatic carbocycles. The molecule has 1 saturated heterocycles. The van der Waals surface area contributed by atoms with Crippen LogP contribution < -0.4 is 0 Å². The summed E-state index contributed by atoms with van der Waals surface area (Å²) < 4.78 is 27.5. The van der Waals surface area contributed by atoms with Crippen LogP contribution in [0.4, 0.5) is 0 Å². The molecule has 1 amide bonds. The van der Waals surface area contributed by atoms with Crippen LogP contribution in [0.2, 0.25) is 0 Å². The molecule has 31 heavy (non-hydrogen) atoms. The van der Waals surface area contributed by atoms with Crippen molar-refractivity contribution in [3.05, 3.63) is 65.2 Å². The standard InChI is InChI=1S/C24H28N2O4S/c1-17(27)20-7-5-8-21(16-20)31(29,30)26-14-12-19(13-15-26)24(28)25(2)23-11-10-18-6-3-4-9-22(18)23/h3-9,16,19,23H,10-15H2,1-2H3. The molecule has 1 atom stereocenters. The summed E-state index contributed by atoms with van der Waals surface area (Å²) in [5.74, 6) is -0.247. The van der Waals surface area contributed by atoms with E-state index in [1.807, 2.05) is 24.1 Å². The topological polar surface area (TPSA) is 74.8 Å². The number of sulfonamides is 1. The Morgan fingerprint density at radius 2 is 1.71 bits per heavy atom. The van der Waals surface area contributed by atoms with Gasteiger partial charge in [-0.2, -0.15) is 4.31 Å². The van der Waals surface area contributed by atoms with E-state index >= 15 is 0 Å². The van der Waals surface area contributed by atoms with Crippen molar-refractivity contribution in [2.24, 2.45) is 5.92 Å². The molecule has 2 aromatic rings. The first-order valence-corrected chi connectivity index (χ1v) is 12.2. The summed E-state index contributed by atoms with van der Waals surface area (Å²) in [6, 6.07) is 14.5. The number of piperidine rings is 1. The van der Waals surface area contributed by atoms with E-state index in [4.69, 9.17) is 0 Å². The fraction of sp³-hybridized carbons (Fsp3) is 0.417. The number of Topliss-reactive ketones (excluding diaryl/α,β-unsaturated/α-hetero) is 1. The molecule has 0 aromatic heterocycles. The number of ketones is 1. The number of rotatable bonds is 5. The van der Waals surface area contributed by atoms with Gasteiger partial charge in [0.05, 0.1) is 10.9 Å². The van der Waals surface area contributed by atoms with E-state index < -0.39 is 10.0 Å². The fourth-order valence-electron chi connectivity index (χ4n) is 4.75. The lowest BCUT2D eigenvalue weighted by Gasteiger charge is -2.34. The third-order valence-electron chi connectivity index (χ3n) is 6.60. The average molecular weight is 441 g/mol. The van der Waals surface area contributed by atoms with E-state index in [-0.39, 0.29) is 28.5 Å². The van der Waals surface area contributed by atoms with Gasteiger partial charge in [-0.15, -0.1) is 0 Å². The van der Waals surface area contributed by atoms with Gasteiger partial charge in [0.1, 0.15) is 0 Å². The number of aryl methyl sites for hydroxylation is 1. The Kier molecular flexibility index (Phi) is 5.99. The molecule has 0 N–H and O–H groups in total. The van der Waals surface area contributed by atoms with Crippen molar-refractivity contribution in [3.8, 4) is 0 Å². The Hall–Kier alpha value is -2.51. The molecule has 7 heteroatoms. The van der Waals surface area contributed by atoms with E-state index in [0.717, 1.165) is 12.8 Å². The zero-order valence-corrected chi connectivity index (χ0v) is 18.8. The van der Waals surface area contributed by atoms with Gasteiger partial charge in [-0.05, 0) is 55.9 Å². The molecule has 2 aliphatic rings. The molecule has 0 spiro atoms. The van der Waals surface area contributed by atoms with Crippen LogP contribution in [0.15, 0.2) is 53.4 Å². The summed E-state index contributed by atoms with van der Waals surface area (Å²) in [6.07, 6.45) is 2.92. The Morgan fingerprint density at radius 3 is 2.42 bits per heavy atom. The highest BCUT2D eigenvalue weighted by Gasteiger charge is 2.36. The van der Waals surface area contributed by atoms with Crippen LogP contribution in [0.3, 0.4) is 0 Å². The number of benzene rings is 2. The van der Waals surface area contributed by atoms with E-state index in [2.05, 4.69) is 12.1 Å². The van der Waals surface area contributed by atoms with Crippen LogP contribution in [0, 0.1) is 5.92 Å². The molecular formula is C24H28N2O4S. The van der Waals surface area contributed by atoms with Crippen molar-refractivity contribution in [2.45, 2.75) is 43.5 Å². The number of hydrogen-bond acceptors (Lipinski definition) is 4. The molecule has 6 nitrogen and oxygen atoms in total. The summed E-state index contributed by atoms with van der Waals surface area (Å²) in [5.41, 5.74) is 2.91. The van der Waals surface area contributed by atoms with Crippen LogP contribution in [0.5, 0.6) is 0 Å². The van der Waals surface area contributed by atoms with Gasteiger partial charge in [0, 0.05) is 31.6 Å². The van der Waals surface area contributed by atoms with Gasteiger partial charge in [0.15, 0.2) is 5.78 Å². The third-order valence-corrected chi connectivity index (χ3v) is 8.49. The molecule has 1 heterocycles. The molecule has 1 fully saturated rings. The average Bonchev–Trinajstić information content (AvgIpc) is 3.22. The lowest BCUT2D eigenvalue weighted by Crippen LogP contribution is -2.44. The molecule has 1 unspecified atom stereocenters. The Labute approximate surface area is 183 Å². The van der Waals surface area contributed by atoms with Crippen molar-refractivity contribution < 1.29 is 18.0 Å². The van der Waals surface area contributed by atoms with Crippen molar-refractivity contribution in [3.63, 3.8) is 0 Å². The van der Waals surface area contributed by atoms with Crippen LogP contribution in [-0.2, 0) is 21.2 Å². The van der Waals surface area contributed by atoms with Gasteiger partial charge in [0.2, 0.25) is 15.9 Å². The Bertz CT molecular complexity index is 1100. The quantitative estimate of drug-likeness (QED) is 0.668. The van der Waals surface area contributed by atoms with E-state index in [1.54, 1.807) is 12.1 Å². The van der Waals surface area contributed by atoms with Gasteiger partial charge < -0.3 is 4.90 Å². The minimum Gasteiger partial charge on any atom is -0.338 e. The second-order valence-corrected chi connectivity index (χ2v) is 10.4. The maximum absolute atomic E-state index is 13.2. The normalized spacial score (nSPS) is 19.7. The lowest BCUT2D eigenvalue weighted by molar-refractivity contribution is -0.137. The van der Waals surface area contributed by atoms with E-state index in [9.17, 15) is 18.0 Å². The predicted molar refractivity (Wildman–Crippen MR) is 118 cm³/mol. The molecule has 1 aliphatic heterocycles. The summed E-state index contributed by atoms with van der Waals surface area (Å²) in [6.45, 7) is 2.03. The van der Waals surface area contributed by atoms with Gasteiger partial charge >= 0.3 is 0 Å². The lowest BCUT2D eigenvalue weighted by atomic mass is 9.95. The van der Waals surface area contributed by atoms with Crippen molar-refractivity contribution in [1.29, 1.82) is 0 Å². The summed E-state index contributed by atoms with van der Waals surface area (Å²) in [5, 5.41) is 0. The first-order chi connectivity index (χ1) is 14.8. The molecule has 164 valence electrons. The largest absolute Gasteiger partial charge is 0.338 e. The smallest absolute Gasteiger partial charge is 0.243 e. The Morgan fingerprint density at radius 1 is 1.00 bits per heavy atom. The molecule has 0 radical (unpaired) electrons. The highest BCUT2D eigenvalue weighted by Crippen LogP contribution is 2.36. The van der Waals surface area contributed by atoms with Crippen LogP contribution in [-0.4, -0.2) is 49.5 Å². The van der Waals surface area contributed by atoms with Crippen LogP contribution in [0.25, 0.3) is 0 Å². The number of fused-ring (bicyclic) bond motifs is 1. The highest BCUT2D eigenvalue weighted by atomic mass is 32.2. The van der Waals surface area contributed by atoms with Gasteiger partial charge in [-0.1, -0.05) is 36.4 Å². The SMILES string of the molecule is CC(=O)c1cccc(S(=O)(=O)N2CCC(C(=O)N(C)C3CCc4ccccc43)CC2)c1. The first kappa shape index (κ1) is 21.7. The van der Waals surface area contributed by atoms with Gasteiger partial charge in [-0.25, -0.2) is 8.42 Å². The number of nitrogens with zero attached hydrogens (tertiary/aromatic N) is 2. The zero-order chi connectivity index (χ0) is 22.2. The number of amides is 1. The maximum atomic E-state index is 13.2. The van der Waals surface area contributed by atoms with Crippen LogP contribution in [0.1, 0.15) is 53.7 Å². The minimum atomic E-state index is -3.69. The summed E-state index contributed by atoms with van der Waals surface area (Å²) >= 11 is 0. The number of carbonyl (C=O) groups is 2. The molecule has 1 aliphatic carbocycles. The first-order valence-electron chi connectivity index (χ1n) is 10.7. The third kappa shape index (κ3) is 4.16. The predicted octanol–water partition coefficient (Wildman–Crippen LogP) is 3.44. The molecule has 4 rings (SSSR count). The minimum absolute atomic E-state index is 0.0947. The van der Waals surface area contributed by atoms with Crippen LogP contribution >= 0.6 is 0 Å². The van der Waals surface area contributed by atoms with E-state index in [0.29, 0.717) is 31.5 Å². The van der Waals surface area contributed by atoms with Crippen molar-refractivity contribution in [1.82, 2.24) is 9.21 Å².